The van der Waals surface area contributed by atoms with Crippen molar-refractivity contribution in [2.45, 2.75) is 13.3 Å². The first-order valence-corrected chi connectivity index (χ1v) is 5.49. The number of hydrogen-bond donors (Lipinski definition) is 2. The van der Waals surface area contributed by atoms with Gasteiger partial charge in [-0.2, -0.15) is 0 Å². The maximum absolute atomic E-state index is 5.32. The molecule has 78 valence electrons. The standard InChI is InChI=1S/C10H12N4S/c1-7-5-10(14-11)13-9(12-7)6-8-3-2-4-15-8/h2-5H,6,11H2,1H3,(H,12,13,14). The van der Waals surface area contributed by atoms with Gasteiger partial charge in [-0.1, -0.05) is 6.07 Å². The maximum Gasteiger partial charge on any atom is 0.143 e. The lowest BCUT2D eigenvalue weighted by molar-refractivity contribution is 0.950. The van der Waals surface area contributed by atoms with E-state index in [-0.39, 0.29) is 0 Å². The minimum Gasteiger partial charge on any atom is -0.308 e. The third kappa shape index (κ3) is 2.51. The molecule has 0 aromatic carbocycles. The molecule has 0 radical (unpaired) electrons. The van der Waals surface area contributed by atoms with E-state index in [0.717, 1.165) is 17.9 Å². The number of aromatic nitrogens is 2. The summed E-state index contributed by atoms with van der Waals surface area (Å²) in [7, 11) is 0. The highest BCUT2D eigenvalue weighted by atomic mass is 32.1. The van der Waals surface area contributed by atoms with Crippen molar-refractivity contribution >= 4 is 17.2 Å². The fraction of sp³-hybridized carbons (Fsp3) is 0.200. The number of nitrogens with zero attached hydrogens (tertiary/aromatic N) is 2. The van der Waals surface area contributed by atoms with E-state index in [0.29, 0.717) is 5.82 Å². The normalized spacial score (nSPS) is 10.3. The van der Waals surface area contributed by atoms with Crippen molar-refractivity contribution in [3.8, 4) is 0 Å². The van der Waals surface area contributed by atoms with Crippen LogP contribution in [0.4, 0.5) is 5.82 Å². The number of hydrazine groups is 1. The molecule has 5 heteroatoms. The molecule has 0 fully saturated rings. The number of nitrogen functional groups attached to an aromatic ring is 1. The number of rotatable bonds is 3. The van der Waals surface area contributed by atoms with Crippen molar-refractivity contribution in [3.63, 3.8) is 0 Å². The molecule has 15 heavy (non-hydrogen) atoms. The minimum absolute atomic E-state index is 0.661. The van der Waals surface area contributed by atoms with E-state index in [4.69, 9.17) is 5.84 Å². The highest BCUT2D eigenvalue weighted by molar-refractivity contribution is 7.09. The topological polar surface area (TPSA) is 63.8 Å². The van der Waals surface area contributed by atoms with Crippen molar-refractivity contribution in [1.82, 2.24) is 9.97 Å². The van der Waals surface area contributed by atoms with Gasteiger partial charge in [0.25, 0.3) is 0 Å². The van der Waals surface area contributed by atoms with E-state index in [2.05, 4.69) is 21.5 Å². The predicted octanol–water partition coefficient (Wildman–Crippen LogP) is 1.72. The van der Waals surface area contributed by atoms with Crippen LogP contribution in [0.2, 0.25) is 0 Å². The van der Waals surface area contributed by atoms with Gasteiger partial charge in [-0.15, -0.1) is 11.3 Å². The summed E-state index contributed by atoms with van der Waals surface area (Å²) in [5.41, 5.74) is 3.46. The van der Waals surface area contributed by atoms with Crippen molar-refractivity contribution in [2.24, 2.45) is 5.84 Å². The molecule has 0 spiro atoms. The predicted molar refractivity (Wildman–Crippen MR) is 61.7 cm³/mol. The van der Waals surface area contributed by atoms with E-state index in [1.54, 1.807) is 11.3 Å². The monoisotopic (exact) mass is 220 g/mol. The second kappa shape index (κ2) is 4.37. The summed E-state index contributed by atoms with van der Waals surface area (Å²) in [6.45, 7) is 1.93. The molecule has 3 N–H and O–H groups in total. The molecule has 0 atom stereocenters. The largest absolute Gasteiger partial charge is 0.308 e. The smallest absolute Gasteiger partial charge is 0.143 e. The first-order valence-electron chi connectivity index (χ1n) is 4.61. The first-order chi connectivity index (χ1) is 7.28. The van der Waals surface area contributed by atoms with E-state index < -0.39 is 0 Å². The van der Waals surface area contributed by atoms with Gasteiger partial charge in [-0.25, -0.2) is 15.8 Å². The third-order valence-electron chi connectivity index (χ3n) is 1.96. The van der Waals surface area contributed by atoms with Gasteiger partial charge in [-0.05, 0) is 18.4 Å². The minimum atomic E-state index is 0.661. The number of nitrogens with two attached hydrogens (primary N) is 1. The van der Waals surface area contributed by atoms with E-state index in [1.165, 1.54) is 4.88 Å². The molecule has 0 saturated heterocycles. The van der Waals surface area contributed by atoms with E-state index in [9.17, 15) is 0 Å². The Labute approximate surface area is 92.2 Å². The molecule has 0 aliphatic carbocycles. The summed E-state index contributed by atoms with van der Waals surface area (Å²) >= 11 is 1.71. The van der Waals surface area contributed by atoms with Gasteiger partial charge in [0.05, 0.1) is 0 Å². The van der Waals surface area contributed by atoms with Crippen molar-refractivity contribution < 1.29 is 0 Å². The Morgan fingerprint density at radius 2 is 2.33 bits per heavy atom. The lowest BCUT2D eigenvalue weighted by Crippen LogP contribution is -2.11. The Bertz CT molecular complexity index is 439. The molecule has 2 heterocycles. The number of nitrogens with one attached hydrogen (secondary N) is 1. The molecule has 4 nitrogen and oxygen atoms in total. The van der Waals surface area contributed by atoms with Crippen LogP contribution in [0.1, 0.15) is 16.4 Å². The zero-order chi connectivity index (χ0) is 10.7. The van der Waals surface area contributed by atoms with Crippen LogP contribution in [0, 0.1) is 6.92 Å². The molecule has 2 aromatic rings. The Morgan fingerprint density at radius 1 is 1.47 bits per heavy atom. The lowest BCUT2D eigenvalue weighted by Gasteiger charge is -2.03. The molecular formula is C10H12N4S. The van der Waals surface area contributed by atoms with Crippen LogP contribution < -0.4 is 11.3 Å². The van der Waals surface area contributed by atoms with Gasteiger partial charge in [-0.3, -0.25) is 0 Å². The number of hydrogen-bond acceptors (Lipinski definition) is 5. The van der Waals surface area contributed by atoms with Crippen LogP contribution in [0.25, 0.3) is 0 Å². The van der Waals surface area contributed by atoms with Gasteiger partial charge < -0.3 is 5.43 Å². The molecule has 0 aliphatic heterocycles. The summed E-state index contributed by atoms with van der Waals surface area (Å²) < 4.78 is 0. The van der Waals surface area contributed by atoms with Crippen LogP contribution in [0.15, 0.2) is 23.6 Å². The Morgan fingerprint density at radius 3 is 3.00 bits per heavy atom. The highest BCUT2D eigenvalue weighted by Gasteiger charge is 2.03. The highest BCUT2D eigenvalue weighted by Crippen LogP contribution is 2.14. The van der Waals surface area contributed by atoms with E-state index in [1.807, 2.05) is 24.4 Å². The third-order valence-corrected chi connectivity index (χ3v) is 2.84. The summed E-state index contributed by atoms with van der Waals surface area (Å²) in [5, 5.41) is 2.05. The van der Waals surface area contributed by atoms with Crippen molar-refractivity contribution in [3.05, 3.63) is 40.0 Å². The molecule has 0 aliphatic rings. The van der Waals surface area contributed by atoms with Crippen LogP contribution >= 0.6 is 11.3 Å². The van der Waals surface area contributed by atoms with Gasteiger partial charge in [0.2, 0.25) is 0 Å². The SMILES string of the molecule is Cc1cc(NN)nc(Cc2cccs2)n1. The molecule has 0 bridgehead atoms. The lowest BCUT2D eigenvalue weighted by atomic mass is 10.3. The Balaban J connectivity index is 2.24. The number of aryl methyl sites for hydroxylation is 1. The van der Waals surface area contributed by atoms with Crippen molar-refractivity contribution in [2.75, 3.05) is 5.43 Å². The molecule has 0 amide bonds. The molecule has 0 saturated carbocycles. The van der Waals surface area contributed by atoms with Gasteiger partial charge in [0.15, 0.2) is 0 Å². The van der Waals surface area contributed by atoms with Crippen LogP contribution in [-0.2, 0) is 6.42 Å². The van der Waals surface area contributed by atoms with Crippen LogP contribution in [0.3, 0.4) is 0 Å². The zero-order valence-electron chi connectivity index (χ0n) is 8.40. The van der Waals surface area contributed by atoms with Crippen LogP contribution in [-0.4, -0.2) is 9.97 Å². The van der Waals surface area contributed by atoms with Gasteiger partial charge in [0, 0.05) is 23.1 Å². The molecule has 2 aromatic heterocycles. The summed E-state index contributed by atoms with van der Waals surface area (Å²) in [4.78, 5) is 9.90. The Hall–Kier alpha value is -1.46. The number of anilines is 1. The van der Waals surface area contributed by atoms with Crippen molar-refractivity contribution in [1.29, 1.82) is 0 Å². The molecule has 0 unspecified atom stereocenters. The Kier molecular flexibility index (Phi) is 2.94. The van der Waals surface area contributed by atoms with E-state index >= 15 is 0 Å². The summed E-state index contributed by atoms with van der Waals surface area (Å²) in [5.74, 6) is 6.78. The summed E-state index contributed by atoms with van der Waals surface area (Å²) in [6, 6.07) is 5.92. The average molecular weight is 220 g/mol. The van der Waals surface area contributed by atoms with Gasteiger partial charge >= 0.3 is 0 Å². The fourth-order valence-electron chi connectivity index (χ4n) is 1.35. The molecule has 2 rings (SSSR count). The second-order valence-corrected chi connectivity index (χ2v) is 4.24. The van der Waals surface area contributed by atoms with Crippen LogP contribution in [0.5, 0.6) is 0 Å². The van der Waals surface area contributed by atoms with Gasteiger partial charge in [0.1, 0.15) is 11.6 Å². The zero-order valence-corrected chi connectivity index (χ0v) is 9.21. The average Bonchev–Trinajstić information content (AvgIpc) is 2.69. The number of thiophene rings is 1. The first kappa shape index (κ1) is 10.1. The fourth-order valence-corrected chi connectivity index (χ4v) is 2.05. The quantitative estimate of drug-likeness (QED) is 0.610. The second-order valence-electron chi connectivity index (χ2n) is 3.21. The maximum atomic E-state index is 5.32. The summed E-state index contributed by atoms with van der Waals surface area (Å²) in [6.07, 6.45) is 0.758. The molecular weight excluding hydrogens is 208 g/mol.